The number of methoxy groups -OCH3 is 1. The zero-order chi connectivity index (χ0) is 10.4. The first-order valence-electron chi connectivity index (χ1n) is 3.93. The van der Waals surface area contributed by atoms with E-state index in [1.807, 2.05) is 0 Å². The fourth-order valence-corrected chi connectivity index (χ4v) is 0.852. The number of anilines is 1. The Balaban J connectivity index is 2.60. The van der Waals surface area contributed by atoms with E-state index in [1.165, 1.54) is 13.3 Å². The van der Waals surface area contributed by atoms with Crippen LogP contribution in [-0.2, 0) is 4.79 Å². The third-order valence-corrected chi connectivity index (χ3v) is 1.47. The van der Waals surface area contributed by atoms with Crippen molar-refractivity contribution in [2.45, 2.75) is 6.42 Å². The molecule has 1 amide bonds. The summed E-state index contributed by atoms with van der Waals surface area (Å²) in [6, 6.07) is 5.03. The first-order chi connectivity index (χ1) is 6.76. The van der Waals surface area contributed by atoms with Gasteiger partial charge >= 0.3 is 0 Å². The lowest BCUT2D eigenvalue weighted by Crippen LogP contribution is -2.10. The van der Waals surface area contributed by atoms with Crippen molar-refractivity contribution in [3.8, 4) is 11.9 Å². The van der Waals surface area contributed by atoms with E-state index in [0.29, 0.717) is 11.6 Å². The SMILES string of the molecule is COc1ccc(NC(=O)CC#N)cn1. The second-order valence-electron chi connectivity index (χ2n) is 2.47. The molecule has 1 N–H and O–H groups in total. The molecule has 1 rings (SSSR count). The van der Waals surface area contributed by atoms with E-state index < -0.39 is 0 Å². The molecular formula is C9H9N3O2. The smallest absolute Gasteiger partial charge is 0.238 e. The predicted octanol–water partition coefficient (Wildman–Crippen LogP) is 0.942. The molecule has 0 saturated carbocycles. The van der Waals surface area contributed by atoms with E-state index >= 15 is 0 Å². The molecule has 0 aliphatic carbocycles. The van der Waals surface area contributed by atoms with Crippen molar-refractivity contribution in [3.63, 3.8) is 0 Å². The second kappa shape index (κ2) is 4.82. The van der Waals surface area contributed by atoms with Gasteiger partial charge in [0.2, 0.25) is 11.8 Å². The summed E-state index contributed by atoms with van der Waals surface area (Å²) < 4.78 is 4.85. The van der Waals surface area contributed by atoms with Gasteiger partial charge in [-0.2, -0.15) is 5.26 Å². The highest BCUT2D eigenvalue weighted by Gasteiger charge is 2.01. The molecule has 1 heterocycles. The van der Waals surface area contributed by atoms with E-state index in [0.717, 1.165) is 0 Å². The zero-order valence-corrected chi connectivity index (χ0v) is 7.65. The number of rotatable bonds is 3. The average Bonchev–Trinajstić information content (AvgIpc) is 2.19. The van der Waals surface area contributed by atoms with Crippen molar-refractivity contribution >= 4 is 11.6 Å². The summed E-state index contributed by atoms with van der Waals surface area (Å²) >= 11 is 0. The van der Waals surface area contributed by atoms with Crippen LogP contribution in [0.5, 0.6) is 5.88 Å². The molecule has 0 saturated heterocycles. The first kappa shape index (κ1) is 9.99. The number of nitriles is 1. The van der Waals surface area contributed by atoms with Crippen LogP contribution in [0.15, 0.2) is 18.3 Å². The van der Waals surface area contributed by atoms with Crippen molar-refractivity contribution in [2.75, 3.05) is 12.4 Å². The molecule has 0 fully saturated rings. The highest BCUT2D eigenvalue weighted by atomic mass is 16.5. The van der Waals surface area contributed by atoms with Gasteiger partial charge in [-0.3, -0.25) is 4.79 Å². The number of pyridine rings is 1. The van der Waals surface area contributed by atoms with E-state index in [1.54, 1.807) is 18.2 Å². The topological polar surface area (TPSA) is 75.0 Å². The maximum atomic E-state index is 11.0. The molecule has 5 heteroatoms. The number of ether oxygens (including phenoxy) is 1. The second-order valence-corrected chi connectivity index (χ2v) is 2.47. The fraction of sp³-hybridized carbons (Fsp3) is 0.222. The molecule has 0 aromatic carbocycles. The average molecular weight is 191 g/mol. The number of carbonyl (C=O) groups is 1. The van der Waals surface area contributed by atoms with Gasteiger partial charge in [-0.05, 0) is 6.07 Å². The maximum absolute atomic E-state index is 11.0. The van der Waals surface area contributed by atoms with Gasteiger partial charge in [0.25, 0.3) is 0 Å². The summed E-state index contributed by atoms with van der Waals surface area (Å²) in [7, 11) is 1.51. The quantitative estimate of drug-likeness (QED) is 0.771. The summed E-state index contributed by atoms with van der Waals surface area (Å²) in [6.07, 6.45) is 1.31. The Kier molecular flexibility index (Phi) is 3.44. The van der Waals surface area contributed by atoms with Crippen molar-refractivity contribution in [3.05, 3.63) is 18.3 Å². The van der Waals surface area contributed by atoms with Crippen LogP contribution in [0.2, 0.25) is 0 Å². The van der Waals surface area contributed by atoms with E-state index in [2.05, 4.69) is 10.3 Å². The summed E-state index contributed by atoms with van der Waals surface area (Å²) in [6.45, 7) is 0. The Labute approximate surface area is 81.3 Å². The van der Waals surface area contributed by atoms with Gasteiger partial charge in [0, 0.05) is 6.07 Å². The van der Waals surface area contributed by atoms with E-state index in [-0.39, 0.29) is 12.3 Å². The summed E-state index contributed by atoms with van der Waals surface area (Å²) in [5.41, 5.74) is 0.547. The number of amides is 1. The van der Waals surface area contributed by atoms with Crippen molar-refractivity contribution in [1.29, 1.82) is 5.26 Å². The number of hydrogen-bond acceptors (Lipinski definition) is 4. The largest absolute Gasteiger partial charge is 0.481 e. The van der Waals surface area contributed by atoms with Crippen molar-refractivity contribution < 1.29 is 9.53 Å². The van der Waals surface area contributed by atoms with Crippen LogP contribution in [0.4, 0.5) is 5.69 Å². The highest BCUT2D eigenvalue weighted by molar-refractivity contribution is 5.91. The van der Waals surface area contributed by atoms with Crippen LogP contribution < -0.4 is 10.1 Å². The molecule has 0 bridgehead atoms. The normalized spacial score (nSPS) is 8.86. The van der Waals surface area contributed by atoms with Gasteiger partial charge in [-0.25, -0.2) is 4.98 Å². The number of nitrogens with one attached hydrogen (secondary N) is 1. The maximum Gasteiger partial charge on any atom is 0.238 e. The Morgan fingerprint density at radius 3 is 3.00 bits per heavy atom. The van der Waals surface area contributed by atoms with Crippen LogP contribution in [0.25, 0.3) is 0 Å². The number of hydrogen-bond donors (Lipinski definition) is 1. The van der Waals surface area contributed by atoms with E-state index in [4.69, 9.17) is 10.00 Å². The number of nitrogens with zero attached hydrogens (tertiary/aromatic N) is 2. The van der Waals surface area contributed by atoms with Gasteiger partial charge < -0.3 is 10.1 Å². The molecule has 0 radical (unpaired) electrons. The minimum Gasteiger partial charge on any atom is -0.481 e. The van der Waals surface area contributed by atoms with Gasteiger partial charge in [0.15, 0.2) is 0 Å². The molecule has 14 heavy (non-hydrogen) atoms. The molecule has 72 valence electrons. The Morgan fingerprint density at radius 1 is 1.71 bits per heavy atom. The Morgan fingerprint density at radius 2 is 2.50 bits per heavy atom. The minimum absolute atomic E-state index is 0.161. The Hall–Kier alpha value is -2.09. The lowest BCUT2D eigenvalue weighted by atomic mass is 10.4. The predicted molar refractivity (Wildman–Crippen MR) is 49.6 cm³/mol. The molecule has 0 aliphatic rings. The molecular weight excluding hydrogens is 182 g/mol. The first-order valence-corrected chi connectivity index (χ1v) is 3.93. The van der Waals surface area contributed by atoms with Gasteiger partial charge in [0.05, 0.1) is 25.1 Å². The van der Waals surface area contributed by atoms with E-state index in [9.17, 15) is 4.79 Å². The Bertz CT molecular complexity index is 353. The molecule has 0 aliphatic heterocycles. The van der Waals surface area contributed by atoms with Gasteiger partial charge in [-0.15, -0.1) is 0 Å². The minimum atomic E-state index is -0.348. The van der Waals surface area contributed by atoms with Crippen molar-refractivity contribution in [2.24, 2.45) is 0 Å². The molecule has 0 unspecified atom stereocenters. The van der Waals surface area contributed by atoms with Crippen LogP contribution >= 0.6 is 0 Å². The lowest BCUT2D eigenvalue weighted by Gasteiger charge is -2.02. The van der Waals surface area contributed by atoms with Crippen LogP contribution in [0.3, 0.4) is 0 Å². The fourth-order valence-electron chi connectivity index (χ4n) is 0.852. The molecule has 0 spiro atoms. The standard InChI is InChI=1S/C9H9N3O2/c1-14-9-3-2-7(6-11-9)12-8(13)4-5-10/h2-3,6H,4H2,1H3,(H,12,13). The molecule has 0 atom stereocenters. The summed E-state index contributed by atoms with van der Waals surface area (Å²) in [4.78, 5) is 14.9. The van der Waals surface area contributed by atoms with Crippen LogP contribution in [0.1, 0.15) is 6.42 Å². The van der Waals surface area contributed by atoms with Crippen LogP contribution in [-0.4, -0.2) is 18.0 Å². The third-order valence-electron chi connectivity index (χ3n) is 1.47. The molecule has 1 aromatic rings. The number of aromatic nitrogens is 1. The lowest BCUT2D eigenvalue weighted by molar-refractivity contribution is -0.115. The zero-order valence-electron chi connectivity index (χ0n) is 7.65. The monoisotopic (exact) mass is 191 g/mol. The van der Waals surface area contributed by atoms with Gasteiger partial charge in [0.1, 0.15) is 6.42 Å². The number of carbonyl (C=O) groups excluding carboxylic acids is 1. The molecule has 5 nitrogen and oxygen atoms in total. The van der Waals surface area contributed by atoms with Crippen molar-refractivity contribution in [1.82, 2.24) is 4.98 Å². The van der Waals surface area contributed by atoms with Gasteiger partial charge in [-0.1, -0.05) is 0 Å². The summed E-state index contributed by atoms with van der Waals surface area (Å²) in [5.74, 6) is 0.128. The highest BCUT2D eigenvalue weighted by Crippen LogP contribution is 2.10. The summed E-state index contributed by atoms with van der Waals surface area (Å²) in [5, 5.41) is 10.8. The van der Waals surface area contributed by atoms with Crippen LogP contribution in [0, 0.1) is 11.3 Å². The molecule has 1 aromatic heterocycles. The third kappa shape index (κ3) is 2.75.